The summed E-state index contributed by atoms with van der Waals surface area (Å²) in [5, 5.41) is 13.8. The van der Waals surface area contributed by atoms with Gasteiger partial charge in [-0.1, -0.05) is 12.1 Å². The lowest BCUT2D eigenvalue weighted by atomic mass is 10.1. The van der Waals surface area contributed by atoms with Crippen molar-refractivity contribution in [3.63, 3.8) is 0 Å². The number of hydrogen-bond acceptors (Lipinski definition) is 5. The van der Waals surface area contributed by atoms with E-state index in [0.29, 0.717) is 5.82 Å². The van der Waals surface area contributed by atoms with Gasteiger partial charge in [0.15, 0.2) is 5.82 Å². The molecule has 0 saturated heterocycles. The van der Waals surface area contributed by atoms with Crippen LogP contribution in [0.1, 0.15) is 0 Å². The van der Waals surface area contributed by atoms with Crippen molar-refractivity contribution in [1.29, 1.82) is 0 Å². The third-order valence-electron chi connectivity index (χ3n) is 3.58. The molecular formula is C18H20N4O. The number of para-hydroxylation sites is 1. The molecule has 118 valence electrons. The van der Waals surface area contributed by atoms with E-state index in [1.807, 2.05) is 50.5 Å². The van der Waals surface area contributed by atoms with Crippen LogP contribution in [0.4, 0.5) is 5.82 Å². The molecule has 0 aliphatic carbocycles. The molecule has 0 aliphatic rings. The summed E-state index contributed by atoms with van der Waals surface area (Å²) in [5.74, 6) is 1.72. The van der Waals surface area contributed by atoms with E-state index in [-0.39, 0.29) is 5.75 Å². The van der Waals surface area contributed by atoms with Crippen molar-refractivity contribution in [2.24, 2.45) is 0 Å². The van der Waals surface area contributed by atoms with Crippen molar-refractivity contribution < 1.29 is 5.11 Å². The summed E-state index contributed by atoms with van der Waals surface area (Å²) in [6.45, 7) is 1.73. The van der Waals surface area contributed by atoms with Gasteiger partial charge in [0, 0.05) is 24.0 Å². The predicted molar refractivity (Wildman–Crippen MR) is 93.7 cm³/mol. The number of aromatic hydroxyl groups is 1. The maximum absolute atomic E-state index is 9.44. The summed E-state index contributed by atoms with van der Waals surface area (Å²) in [6.07, 6.45) is 0. The Hall–Kier alpha value is -2.66. The van der Waals surface area contributed by atoms with Gasteiger partial charge >= 0.3 is 0 Å². The van der Waals surface area contributed by atoms with E-state index in [1.54, 1.807) is 12.1 Å². The summed E-state index contributed by atoms with van der Waals surface area (Å²) >= 11 is 0. The fraction of sp³-hybridized carbons (Fsp3) is 0.222. The number of phenols is 1. The topological polar surface area (TPSA) is 61.3 Å². The van der Waals surface area contributed by atoms with Gasteiger partial charge in [-0.25, -0.2) is 9.97 Å². The molecule has 5 nitrogen and oxygen atoms in total. The van der Waals surface area contributed by atoms with E-state index in [0.717, 1.165) is 35.4 Å². The Balaban J connectivity index is 2.00. The Morgan fingerprint density at radius 1 is 1.00 bits per heavy atom. The van der Waals surface area contributed by atoms with Gasteiger partial charge in [-0.2, -0.15) is 0 Å². The van der Waals surface area contributed by atoms with Gasteiger partial charge < -0.3 is 15.3 Å². The minimum absolute atomic E-state index is 0.235. The molecule has 2 N–H and O–H groups in total. The molecule has 0 amide bonds. The molecule has 0 aliphatic heterocycles. The maximum Gasteiger partial charge on any atom is 0.162 e. The van der Waals surface area contributed by atoms with E-state index in [2.05, 4.69) is 20.2 Å². The van der Waals surface area contributed by atoms with Crippen molar-refractivity contribution >= 4 is 16.7 Å². The van der Waals surface area contributed by atoms with Crippen molar-refractivity contribution in [1.82, 2.24) is 14.9 Å². The minimum Gasteiger partial charge on any atom is -0.508 e. The molecule has 5 heteroatoms. The van der Waals surface area contributed by atoms with Crippen LogP contribution in [0.15, 0.2) is 48.5 Å². The molecule has 23 heavy (non-hydrogen) atoms. The van der Waals surface area contributed by atoms with Crippen LogP contribution in [-0.4, -0.2) is 47.2 Å². The van der Waals surface area contributed by atoms with Crippen molar-refractivity contribution in [3.05, 3.63) is 48.5 Å². The predicted octanol–water partition coefficient (Wildman–Crippen LogP) is 2.98. The van der Waals surface area contributed by atoms with Crippen molar-refractivity contribution in [3.8, 4) is 17.1 Å². The quantitative estimate of drug-likeness (QED) is 0.759. The summed E-state index contributed by atoms with van der Waals surface area (Å²) in [6, 6.07) is 14.9. The van der Waals surface area contributed by atoms with E-state index in [4.69, 9.17) is 0 Å². The first-order chi connectivity index (χ1) is 11.1. The fourth-order valence-electron chi connectivity index (χ4n) is 2.35. The molecule has 0 fully saturated rings. The van der Waals surface area contributed by atoms with Gasteiger partial charge in [0.1, 0.15) is 11.6 Å². The number of nitrogens with one attached hydrogen (secondary N) is 1. The number of benzene rings is 2. The number of aromatic nitrogens is 2. The molecule has 3 rings (SSSR count). The lowest BCUT2D eigenvalue weighted by Gasteiger charge is -2.13. The summed E-state index contributed by atoms with van der Waals surface area (Å²) in [5.41, 5.74) is 1.78. The lowest BCUT2D eigenvalue weighted by Crippen LogP contribution is -2.21. The van der Waals surface area contributed by atoms with Crippen LogP contribution in [0.2, 0.25) is 0 Å². The Morgan fingerprint density at radius 2 is 1.74 bits per heavy atom. The second kappa shape index (κ2) is 6.62. The Bertz CT molecular complexity index is 800. The molecule has 3 aromatic rings. The van der Waals surface area contributed by atoms with Crippen LogP contribution in [-0.2, 0) is 0 Å². The number of hydrogen-bond donors (Lipinski definition) is 2. The van der Waals surface area contributed by atoms with Gasteiger partial charge in [-0.3, -0.25) is 0 Å². The Morgan fingerprint density at radius 3 is 2.48 bits per heavy atom. The van der Waals surface area contributed by atoms with Gasteiger partial charge in [0.05, 0.1) is 5.52 Å². The number of phenolic OH excluding ortho intramolecular Hbond substituents is 1. The van der Waals surface area contributed by atoms with Crippen molar-refractivity contribution in [2.75, 3.05) is 32.5 Å². The molecule has 0 saturated carbocycles. The SMILES string of the molecule is CN(C)CCNc1nc(-c2ccc(O)cc2)nc2ccccc12. The van der Waals surface area contributed by atoms with Gasteiger partial charge in [-0.15, -0.1) is 0 Å². The summed E-state index contributed by atoms with van der Waals surface area (Å²) in [4.78, 5) is 11.4. The molecule has 0 bridgehead atoms. The zero-order chi connectivity index (χ0) is 16.2. The van der Waals surface area contributed by atoms with Gasteiger partial charge in [0.25, 0.3) is 0 Å². The van der Waals surface area contributed by atoms with Crippen LogP contribution in [0.3, 0.4) is 0 Å². The largest absolute Gasteiger partial charge is 0.508 e. The fourth-order valence-corrected chi connectivity index (χ4v) is 2.35. The molecule has 1 aromatic heterocycles. The first-order valence-electron chi connectivity index (χ1n) is 7.58. The lowest BCUT2D eigenvalue weighted by molar-refractivity contribution is 0.425. The molecule has 1 heterocycles. The number of nitrogens with zero attached hydrogens (tertiary/aromatic N) is 3. The number of anilines is 1. The van der Waals surface area contributed by atoms with Crippen LogP contribution in [0.5, 0.6) is 5.75 Å². The number of fused-ring (bicyclic) bond motifs is 1. The van der Waals surface area contributed by atoms with E-state index in [9.17, 15) is 5.11 Å². The molecule has 2 aromatic carbocycles. The standard InChI is InChI=1S/C18H20N4O/c1-22(2)12-11-19-18-15-5-3-4-6-16(15)20-17(21-18)13-7-9-14(23)10-8-13/h3-10,23H,11-12H2,1-2H3,(H,19,20,21). The maximum atomic E-state index is 9.44. The highest BCUT2D eigenvalue weighted by atomic mass is 16.3. The van der Waals surface area contributed by atoms with Crippen LogP contribution in [0.25, 0.3) is 22.3 Å². The van der Waals surface area contributed by atoms with Gasteiger partial charge in [-0.05, 0) is 50.5 Å². The van der Waals surface area contributed by atoms with Crippen LogP contribution in [0, 0.1) is 0 Å². The highest BCUT2D eigenvalue weighted by Crippen LogP contribution is 2.25. The number of likely N-dealkylation sites (N-methyl/N-ethyl adjacent to an activating group) is 1. The molecule has 0 atom stereocenters. The monoisotopic (exact) mass is 308 g/mol. The highest BCUT2D eigenvalue weighted by Gasteiger charge is 2.09. The second-order valence-corrected chi connectivity index (χ2v) is 5.69. The molecule has 0 spiro atoms. The summed E-state index contributed by atoms with van der Waals surface area (Å²) in [7, 11) is 4.09. The smallest absolute Gasteiger partial charge is 0.162 e. The van der Waals surface area contributed by atoms with Gasteiger partial charge in [0.2, 0.25) is 0 Å². The molecule has 0 unspecified atom stereocenters. The molecule has 0 radical (unpaired) electrons. The molecular weight excluding hydrogens is 288 g/mol. The minimum atomic E-state index is 0.235. The zero-order valence-electron chi connectivity index (χ0n) is 13.3. The van der Waals surface area contributed by atoms with Crippen molar-refractivity contribution in [2.45, 2.75) is 0 Å². The van der Waals surface area contributed by atoms with E-state index in [1.165, 1.54) is 0 Å². The van der Waals surface area contributed by atoms with Crippen LogP contribution < -0.4 is 5.32 Å². The first kappa shape index (κ1) is 15.2. The summed E-state index contributed by atoms with van der Waals surface area (Å²) < 4.78 is 0. The number of rotatable bonds is 5. The Labute approximate surface area is 135 Å². The van der Waals surface area contributed by atoms with E-state index < -0.39 is 0 Å². The highest BCUT2D eigenvalue weighted by molar-refractivity contribution is 5.90. The third kappa shape index (κ3) is 3.57. The average Bonchev–Trinajstić information content (AvgIpc) is 2.55. The normalized spacial score (nSPS) is 11.1. The third-order valence-corrected chi connectivity index (χ3v) is 3.58. The Kier molecular flexibility index (Phi) is 4.39. The first-order valence-corrected chi connectivity index (χ1v) is 7.58. The van der Waals surface area contributed by atoms with E-state index >= 15 is 0 Å². The second-order valence-electron chi connectivity index (χ2n) is 5.69. The zero-order valence-corrected chi connectivity index (χ0v) is 13.3. The average molecular weight is 308 g/mol. The van der Waals surface area contributed by atoms with Crippen LogP contribution >= 0.6 is 0 Å².